The van der Waals surface area contributed by atoms with E-state index in [0.717, 1.165) is 21.9 Å². The zero-order chi connectivity index (χ0) is 18.8. The summed E-state index contributed by atoms with van der Waals surface area (Å²) in [4.78, 5) is 29.3. The maximum Gasteiger partial charge on any atom is 0.270 e. The molecule has 0 fully saturated rings. The normalized spacial score (nSPS) is 13.2. The number of benzene rings is 2. The van der Waals surface area contributed by atoms with Crippen molar-refractivity contribution in [2.75, 3.05) is 12.1 Å². The zero-order valence-electron chi connectivity index (χ0n) is 14.6. The third-order valence-corrected chi connectivity index (χ3v) is 4.21. The largest absolute Gasteiger partial charge is 0.497 e. The van der Waals surface area contributed by atoms with Crippen LogP contribution in [0.2, 0.25) is 0 Å². The second kappa shape index (κ2) is 6.87. The van der Waals surface area contributed by atoms with E-state index in [-0.39, 0.29) is 24.0 Å². The van der Waals surface area contributed by atoms with Crippen LogP contribution in [0.4, 0.5) is 5.95 Å². The van der Waals surface area contributed by atoms with Crippen LogP contribution in [0.1, 0.15) is 5.56 Å². The van der Waals surface area contributed by atoms with Crippen molar-refractivity contribution >= 4 is 18.1 Å². The Hall–Kier alpha value is -3.74. The van der Waals surface area contributed by atoms with Crippen molar-refractivity contribution in [1.82, 2.24) is 9.55 Å². The monoisotopic (exact) mass is 360 g/mol. The maximum atomic E-state index is 12.4. The highest BCUT2D eigenvalue weighted by Gasteiger charge is 2.30. The van der Waals surface area contributed by atoms with Gasteiger partial charge in [-0.2, -0.15) is 10.1 Å². The van der Waals surface area contributed by atoms with Gasteiger partial charge >= 0.3 is 0 Å². The molecule has 0 saturated carbocycles. The number of ether oxygens (including phenoxy) is 1. The number of anilines is 1. The molecule has 0 atom stereocenters. The number of hydrogen-bond acceptors (Lipinski definition) is 5. The minimum Gasteiger partial charge on any atom is -0.497 e. The summed E-state index contributed by atoms with van der Waals surface area (Å²) in [6.07, 6.45) is 1.55. The second-order valence-electron chi connectivity index (χ2n) is 5.96. The van der Waals surface area contributed by atoms with Gasteiger partial charge in [0.2, 0.25) is 5.95 Å². The molecule has 27 heavy (non-hydrogen) atoms. The molecule has 7 heteroatoms. The van der Waals surface area contributed by atoms with Gasteiger partial charge in [0.1, 0.15) is 12.3 Å². The van der Waals surface area contributed by atoms with Crippen LogP contribution in [0.3, 0.4) is 0 Å². The van der Waals surface area contributed by atoms with Crippen molar-refractivity contribution in [3.8, 4) is 17.0 Å². The first-order chi connectivity index (χ1) is 13.2. The molecule has 0 unspecified atom stereocenters. The number of fused-ring (bicyclic) bond motifs is 1. The molecule has 2 aromatic carbocycles. The highest BCUT2D eigenvalue weighted by atomic mass is 16.5. The first kappa shape index (κ1) is 16.7. The summed E-state index contributed by atoms with van der Waals surface area (Å²) in [6, 6.07) is 18.0. The van der Waals surface area contributed by atoms with E-state index < -0.39 is 0 Å². The van der Waals surface area contributed by atoms with E-state index in [9.17, 15) is 9.59 Å². The van der Waals surface area contributed by atoms with Crippen molar-refractivity contribution in [3.05, 3.63) is 76.6 Å². The molecule has 0 spiro atoms. The van der Waals surface area contributed by atoms with Crippen LogP contribution in [-0.4, -0.2) is 28.8 Å². The number of methoxy groups -OCH3 is 1. The van der Waals surface area contributed by atoms with Crippen molar-refractivity contribution in [2.45, 2.75) is 6.54 Å². The Labute approximate surface area is 155 Å². The molecule has 1 amide bonds. The standard InChI is InChI=1S/C20H16N4O3/c1-27-16-9-7-14(8-10-16)12-21-24-19(26)13-23-18(25)11-17(22-20(23)24)15-5-3-2-4-6-15/h2-12H,13H2,1H3/b21-12-. The Morgan fingerprint density at radius 1 is 1.07 bits per heavy atom. The molecule has 2 heterocycles. The quantitative estimate of drug-likeness (QED) is 0.669. The van der Waals surface area contributed by atoms with Gasteiger partial charge in [-0.15, -0.1) is 0 Å². The van der Waals surface area contributed by atoms with Gasteiger partial charge in [0.15, 0.2) is 0 Å². The summed E-state index contributed by atoms with van der Waals surface area (Å²) >= 11 is 0. The summed E-state index contributed by atoms with van der Waals surface area (Å²) in [5.74, 6) is 0.640. The van der Waals surface area contributed by atoms with Crippen molar-refractivity contribution in [3.63, 3.8) is 0 Å². The third kappa shape index (κ3) is 3.22. The molecule has 0 bridgehead atoms. The first-order valence-corrected chi connectivity index (χ1v) is 8.34. The molecule has 1 aliphatic rings. The number of nitrogens with zero attached hydrogens (tertiary/aromatic N) is 4. The van der Waals surface area contributed by atoms with Crippen LogP contribution in [0, 0.1) is 0 Å². The summed E-state index contributed by atoms with van der Waals surface area (Å²) < 4.78 is 6.44. The highest BCUT2D eigenvalue weighted by molar-refractivity contribution is 5.96. The number of rotatable bonds is 4. The highest BCUT2D eigenvalue weighted by Crippen LogP contribution is 2.23. The fourth-order valence-electron chi connectivity index (χ4n) is 2.81. The molecule has 0 saturated heterocycles. The van der Waals surface area contributed by atoms with E-state index >= 15 is 0 Å². The van der Waals surface area contributed by atoms with Crippen LogP contribution >= 0.6 is 0 Å². The Morgan fingerprint density at radius 3 is 2.52 bits per heavy atom. The summed E-state index contributed by atoms with van der Waals surface area (Å²) in [6.45, 7) is -0.0732. The van der Waals surface area contributed by atoms with E-state index in [0.29, 0.717) is 5.69 Å². The first-order valence-electron chi connectivity index (χ1n) is 8.34. The Kier molecular flexibility index (Phi) is 4.25. The molecule has 1 aliphatic heterocycles. The Bertz CT molecular complexity index is 1070. The van der Waals surface area contributed by atoms with Crippen molar-refractivity contribution in [1.29, 1.82) is 0 Å². The molecule has 4 rings (SSSR count). The molecular formula is C20H16N4O3. The average Bonchev–Trinajstić information content (AvgIpc) is 3.03. The van der Waals surface area contributed by atoms with Gasteiger partial charge in [-0.25, -0.2) is 4.98 Å². The van der Waals surface area contributed by atoms with Crippen LogP contribution < -0.4 is 15.3 Å². The van der Waals surface area contributed by atoms with Gasteiger partial charge in [0.05, 0.1) is 19.0 Å². The lowest BCUT2D eigenvalue weighted by atomic mass is 10.1. The van der Waals surface area contributed by atoms with Crippen molar-refractivity contribution in [2.24, 2.45) is 5.10 Å². The summed E-state index contributed by atoms with van der Waals surface area (Å²) in [5, 5.41) is 5.41. The van der Waals surface area contributed by atoms with Crippen LogP contribution in [0.25, 0.3) is 11.3 Å². The molecule has 7 nitrogen and oxygen atoms in total. The molecule has 3 aromatic rings. The number of aromatic nitrogens is 2. The van der Waals surface area contributed by atoms with Gasteiger partial charge < -0.3 is 4.74 Å². The topological polar surface area (TPSA) is 76.8 Å². The van der Waals surface area contributed by atoms with E-state index in [1.54, 1.807) is 25.5 Å². The minimum absolute atomic E-state index is 0.0732. The summed E-state index contributed by atoms with van der Waals surface area (Å²) in [5.41, 5.74) is 1.82. The molecular weight excluding hydrogens is 344 g/mol. The molecule has 0 aliphatic carbocycles. The minimum atomic E-state index is -0.311. The lowest BCUT2D eigenvalue weighted by molar-refractivity contribution is -0.118. The molecule has 0 N–H and O–H groups in total. The number of carbonyl (C=O) groups excluding carboxylic acids is 1. The van der Waals surface area contributed by atoms with Crippen LogP contribution in [0.5, 0.6) is 5.75 Å². The number of carbonyl (C=O) groups is 1. The van der Waals surface area contributed by atoms with Gasteiger partial charge in [0.25, 0.3) is 11.5 Å². The SMILES string of the molecule is COc1ccc(/C=N\N2C(=O)Cn3c2nc(-c2ccccc2)cc3=O)cc1. The molecule has 134 valence electrons. The van der Waals surface area contributed by atoms with Gasteiger partial charge in [-0.3, -0.25) is 14.2 Å². The average molecular weight is 360 g/mol. The van der Waals surface area contributed by atoms with Gasteiger partial charge in [0, 0.05) is 11.6 Å². The lowest BCUT2D eigenvalue weighted by Gasteiger charge is -2.10. The number of hydrazone groups is 1. The summed E-state index contributed by atoms with van der Waals surface area (Å²) in [7, 11) is 1.59. The maximum absolute atomic E-state index is 12.4. The van der Waals surface area contributed by atoms with E-state index in [2.05, 4.69) is 10.1 Å². The smallest absolute Gasteiger partial charge is 0.270 e. The predicted octanol–water partition coefficient (Wildman–Crippen LogP) is 2.30. The van der Waals surface area contributed by atoms with Gasteiger partial charge in [-0.1, -0.05) is 30.3 Å². The fraction of sp³-hybridized carbons (Fsp3) is 0.100. The Morgan fingerprint density at radius 2 is 1.81 bits per heavy atom. The van der Waals surface area contributed by atoms with E-state index in [1.165, 1.54) is 10.6 Å². The number of amides is 1. The van der Waals surface area contributed by atoms with Gasteiger partial charge in [-0.05, 0) is 29.8 Å². The Balaban J connectivity index is 1.70. The second-order valence-corrected chi connectivity index (χ2v) is 5.96. The molecule has 0 radical (unpaired) electrons. The van der Waals surface area contributed by atoms with Crippen molar-refractivity contribution < 1.29 is 9.53 Å². The lowest BCUT2D eigenvalue weighted by Crippen LogP contribution is -2.21. The van der Waals surface area contributed by atoms with E-state index in [4.69, 9.17) is 4.74 Å². The zero-order valence-corrected chi connectivity index (χ0v) is 14.6. The molecule has 1 aromatic heterocycles. The third-order valence-electron chi connectivity index (χ3n) is 4.21. The van der Waals surface area contributed by atoms with E-state index in [1.807, 2.05) is 42.5 Å². The predicted molar refractivity (Wildman–Crippen MR) is 102 cm³/mol. The fourth-order valence-corrected chi connectivity index (χ4v) is 2.81. The van der Waals surface area contributed by atoms with Crippen LogP contribution in [0.15, 0.2) is 70.6 Å². The van der Waals surface area contributed by atoms with Crippen LogP contribution in [-0.2, 0) is 11.3 Å². The number of hydrogen-bond donors (Lipinski definition) is 0.